The van der Waals surface area contributed by atoms with Gasteiger partial charge in [0.15, 0.2) is 0 Å². The zero-order chi connectivity index (χ0) is 66.2. The van der Waals surface area contributed by atoms with Gasteiger partial charge in [-0.25, -0.2) is 13.6 Å². The number of rotatable bonds is 24. The zero-order valence-corrected chi connectivity index (χ0v) is 51.2. The number of benzene rings is 6. The summed E-state index contributed by atoms with van der Waals surface area (Å²) >= 11 is 12.9. The number of hydrogen-bond acceptors (Lipinski definition) is 15. The molecule has 480 valence electrons. The number of carbonyl (C=O) groups is 2. The van der Waals surface area contributed by atoms with Gasteiger partial charge in [0.25, 0.3) is 0 Å². The molecule has 0 spiro atoms. The average Bonchev–Trinajstić information content (AvgIpc) is 1.22. The molecule has 8 rings (SSSR count). The summed E-state index contributed by atoms with van der Waals surface area (Å²) in [6.45, 7) is 4.82. The fourth-order valence-corrected chi connectivity index (χ4v) is 10.1. The summed E-state index contributed by atoms with van der Waals surface area (Å²) in [5.74, 6) is -3.02. The third-order valence-electron chi connectivity index (χ3n) is 14.2. The number of carbonyl (C=O) groups excluding carboxylic acids is 1. The van der Waals surface area contributed by atoms with Gasteiger partial charge in [-0.2, -0.15) is 10.2 Å². The van der Waals surface area contributed by atoms with Crippen LogP contribution in [-0.4, -0.2) is 164 Å². The van der Waals surface area contributed by atoms with Crippen molar-refractivity contribution in [1.29, 1.82) is 0 Å². The van der Waals surface area contributed by atoms with Gasteiger partial charge in [0.2, 0.25) is 0 Å². The molecule has 0 radical (unpaired) electrons. The molecule has 8 aromatic rings. The van der Waals surface area contributed by atoms with Crippen molar-refractivity contribution in [2.24, 2.45) is 0 Å². The third kappa shape index (κ3) is 20.6. The molecule has 0 saturated heterocycles. The topological polar surface area (TPSA) is 354 Å². The first kappa shape index (κ1) is 72.9. The predicted octanol–water partition coefficient (Wildman–Crippen LogP) is 6.15. The largest absolute Gasteiger partial charge is 0.545 e. The molecule has 15 N–H and O–H groups in total. The van der Waals surface area contributed by atoms with Crippen LogP contribution in [0.15, 0.2) is 146 Å². The van der Waals surface area contributed by atoms with Crippen LogP contribution in [0.5, 0.6) is 0 Å². The molecule has 23 heteroatoms. The summed E-state index contributed by atoms with van der Waals surface area (Å²) in [6.07, 6.45) is 0.0771. The Morgan fingerprint density at radius 1 is 0.556 bits per heavy atom. The van der Waals surface area contributed by atoms with E-state index < -0.39 is 74.0 Å². The van der Waals surface area contributed by atoms with Crippen molar-refractivity contribution in [3.05, 3.63) is 212 Å². The third-order valence-corrected chi connectivity index (χ3v) is 14.8. The van der Waals surface area contributed by atoms with Crippen LogP contribution in [-0.2, 0) is 9.59 Å². The Kier molecular flexibility index (Phi) is 29.3. The van der Waals surface area contributed by atoms with Crippen LogP contribution in [0.4, 0.5) is 8.78 Å². The molecule has 0 aliphatic rings. The number of aromatic nitrogens is 4. The van der Waals surface area contributed by atoms with Crippen LogP contribution in [0.2, 0.25) is 10.0 Å². The molecule has 90 heavy (non-hydrogen) atoms. The van der Waals surface area contributed by atoms with Gasteiger partial charge in [0, 0.05) is 16.8 Å². The SMILES string of the molecule is CC/C(=C(/c1ccc(/C=C/C(=O)O)cc1)c1ccc2[nH]ncc2c1)c1ccc(F)cc1Cl.CC/C(=C(/c1ccc(/C=C/C(=O)[O-])cc1)c1ccc2[nH]ncc2c1)c1ccc(F)cc1Cl.CCC[C@H](O)[C@@H](O)[C@H](O)[C@H](O)CO.C[NH2+]C[C@H](O)[C@@H](O)[C@H](O)[C@H](O)CO. The number of nitrogens with two attached hydrogens (primary N) is 1. The van der Waals surface area contributed by atoms with Gasteiger partial charge in [-0.15, -0.1) is 0 Å². The van der Waals surface area contributed by atoms with E-state index in [0.717, 1.165) is 101 Å². The molecule has 2 heterocycles. The fraction of sp³-hybridized carbons (Fsp3) is 0.284. The molecule has 0 amide bonds. The number of hydrogen-bond donors (Lipinski definition) is 14. The lowest BCUT2D eigenvalue weighted by Crippen LogP contribution is -2.83. The minimum Gasteiger partial charge on any atom is -0.545 e. The summed E-state index contributed by atoms with van der Waals surface area (Å²) in [5, 5.41) is 128. The van der Waals surface area contributed by atoms with E-state index in [4.69, 9.17) is 58.9 Å². The quantitative estimate of drug-likeness (QED) is 0.0238. The molecule has 6 aromatic carbocycles. The molecule has 0 saturated carbocycles. The van der Waals surface area contributed by atoms with Crippen LogP contribution < -0.4 is 10.4 Å². The van der Waals surface area contributed by atoms with E-state index in [-0.39, 0.29) is 18.2 Å². The Bertz CT molecular complexity index is 3490. The highest BCUT2D eigenvalue weighted by atomic mass is 35.5. The van der Waals surface area contributed by atoms with Crippen LogP contribution >= 0.6 is 23.2 Å². The van der Waals surface area contributed by atoms with Crippen LogP contribution in [0.25, 0.3) is 56.3 Å². The summed E-state index contributed by atoms with van der Waals surface area (Å²) in [7, 11) is 1.70. The number of nitrogens with one attached hydrogen (secondary N) is 2. The molecule has 0 fully saturated rings. The second kappa shape index (κ2) is 36.1. The minimum atomic E-state index is -1.53. The number of nitrogens with zero attached hydrogens (tertiary/aromatic N) is 2. The van der Waals surface area contributed by atoms with E-state index in [2.05, 4.69) is 26.5 Å². The van der Waals surface area contributed by atoms with Gasteiger partial charge in [0.05, 0.1) is 65.8 Å². The number of halogens is 4. The highest BCUT2D eigenvalue weighted by Crippen LogP contribution is 2.40. The molecule has 0 aliphatic heterocycles. The van der Waals surface area contributed by atoms with Crippen LogP contribution in [0.3, 0.4) is 0 Å². The number of carboxylic acids is 2. The number of quaternary nitrogens is 1. The van der Waals surface area contributed by atoms with Crippen molar-refractivity contribution in [2.45, 2.75) is 95.3 Å². The number of allylic oxidation sites excluding steroid dienone is 2. The molecule has 19 nitrogen and oxygen atoms in total. The normalized spacial score (nSPS) is 14.8. The van der Waals surface area contributed by atoms with E-state index in [1.54, 1.807) is 43.0 Å². The second-order valence-corrected chi connectivity index (χ2v) is 21.4. The first-order valence-electron chi connectivity index (χ1n) is 28.7. The molecule has 0 aliphatic carbocycles. The van der Waals surface area contributed by atoms with Crippen molar-refractivity contribution in [3.8, 4) is 0 Å². The maximum absolute atomic E-state index is 13.7. The number of H-pyrrole nitrogens is 2. The predicted molar refractivity (Wildman–Crippen MR) is 341 cm³/mol. The monoisotopic (exact) mass is 1280 g/mol. The number of fused-ring (bicyclic) bond motifs is 2. The van der Waals surface area contributed by atoms with Crippen LogP contribution in [0, 0.1) is 11.6 Å². The summed E-state index contributed by atoms with van der Waals surface area (Å²) in [6, 6.07) is 36.1. The summed E-state index contributed by atoms with van der Waals surface area (Å²) in [5.41, 5.74) is 12.6. The number of aromatic amines is 2. The maximum atomic E-state index is 13.7. The van der Waals surface area contributed by atoms with E-state index in [1.807, 2.05) is 99.6 Å². The number of likely N-dealkylation sites (N-methyl/N-ethyl adjacent to an activating group) is 1. The molecule has 0 bridgehead atoms. The fourth-order valence-electron chi connectivity index (χ4n) is 9.53. The summed E-state index contributed by atoms with van der Waals surface area (Å²) in [4.78, 5) is 21.5. The first-order chi connectivity index (χ1) is 43.0. The van der Waals surface area contributed by atoms with Gasteiger partial charge >= 0.3 is 5.97 Å². The Labute approximate surface area is 528 Å². The van der Waals surface area contributed by atoms with E-state index in [0.29, 0.717) is 35.7 Å². The number of aliphatic hydroxyl groups excluding tert-OH is 10. The van der Waals surface area contributed by atoms with Gasteiger partial charge < -0.3 is 71.4 Å². The van der Waals surface area contributed by atoms with Gasteiger partial charge in [-0.3, -0.25) is 10.2 Å². The number of carboxylic acid groups (broad SMARTS) is 2. The lowest BCUT2D eigenvalue weighted by atomic mass is 9.87. The summed E-state index contributed by atoms with van der Waals surface area (Å²) < 4.78 is 27.4. The molecular formula is C67H75Cl2F2N5O14. The smallest absolute Gasteiger partial charge is 0.328 e. The minimum absolute atomic E-state index is 0.219. The lowest BCUT2D eigenvalue weighted by Gasteiger charge is -2.25. The van der Waals surface area contributed by atoms with Gasteiger partial charge in [-0.1, -0.05) is 129 Å². The molecular weight excluding hydrogens is 1210 g/mol. The standard InChI is InChI=1S/2C26H20ClFN2O2.C8H18O5.C7H17NO5/c2*1-2-21(22-10-9-20(28)14-23(22)27)26(18-8-11-24-19(13-18)15-29-30-24)17-6-3-16(4-7-17)5-12-25(31)32;1-2-3-5(10)7(12)8(13)6(11)4-9;1-8-2-4(10)6(12)7(13)5(11)3-9/h2*3-15H,2H2,1H3,(H,29,30)(H,31,32);5-13H,2-4H2,1H3;4-13H,2-3H2,1H3/b2*12-5+,26-21+;;/t;;5-,6+,7+,8+;4-,5+,6+,7+/m..00/s1. The highest BCUT2D eigenvalue weighted by Gasteiger charge is 2.31. The number of aliphatic carboxylic acids is 2. The van der Waals surface area contributed by atoms with Gasteiger partial charge in [0.1, 0.15) is 60.9 Å². The maximum Gasteiger partial charge on any atom is 0.328 e. The van der Waals surface area contributed by atoms with Crippen molar-refractivity contribution in [1.82, 2.24) is 20.4 Å². The number of aliphatic hydroxyl groups is 10. The molecule has 0 unspecified atom stereocenters. The zero-order valence-electron chi connectivity index (χ0n) is 49.7. The second-order valence-electron chi connectivity index (χ2n) is 20.6. The molecule has 8 atom stereocenters. The van der Waals surface area contributed by atoms with Gasteiger partial charge in [-0.05, 0) is 147 Å². The van der Waals surface area contributed by atoms with Crippen molar-refractivity contribution in [2.75, 3.05) is 26.8 Å². The Balaban J connectivity index is 0.000000238. The van der Waals surface area contributed by atoms with Crippen molar-refractivity contribution in [3.63, 3.8) is 0 Å². The average molecular weight is 1280 g/mol. The van der Waals surface area contributed by atoms with Crippen LogP contribution in [0.1, 0.15) is 91.0 Å². The highest BCUT2D eigenvalue weighted by molar-refractivity contribution is 6.33. The van der Waals surface area contributed by atoms with Crippen molar-refractivity contribution < 1.29 is 85.0 Å². The first-order valence-corrected chi connectivity index (χ1v) is 29.5. The van der Waals surface area contributed by atoms with E-state index >= 15 is 0 Å². The molecule has 2 aromatic heterocycles. The van der Waals surface area contributed by atoms with E-state index in [1.165, 1.54) is 30.3 Å². The van der Waals surface area contributed by atoms with Crippen molar-refractivity contribution >= 4 is 91.4 Å². The van der Waals surface area contributed by atoms with E-state index in [9.17, 15) is 43.9 Å². The lowest BCUT2D eigenvalue weighted by molar-refractivity contribution is -0.635. The Hall–Kier alpha value is -7.84. The Morgan fingerprint density at radius 2 is 0.944 bits per heavy atom. The Morgan fingerprint density at radius 3 is 1.30 bits per heavy atom.